The first kappa shape index (κ1) is 19.9. The smallest absolute Gasteiger partial charge is 0.244 e. The van der Waals surface area contributed by atoms with Crippen LogP contribution in [-0.2, 0) is 16.1 Å². The molecular formula is C21H23F2N3O2. The zero-order chi connectivity index (χ0) is 19.9. The Balaban J connectivity index is 1.71. The van der Waals surface area contributed by atoms with Gasteiger partial charge in [0.05, 0.1) is 5.69 Å². The molecule has 2 amide bonds. The molecular weight excluding hydrogens is 364 g/mol. The maximum atomic E-state index is 14.1. The molecule has 0 aliphatic carbocycles. The van der Waals surface area contributed by atoms with Crippen LogP contribution in [-0.4, -0.2) is 35.8 Å². The van der Waals surface area contributed by atoms with Gasteiger partial charge in [0.1, 0.15) is 18.2 Å². The number of nitrogens with one attached hydrogen (secondary N) is 2. The van der Waals surface area contributed by atoms with Gasteiger partial charge in [0.2, 0.25) is 11.8 Å². The lowest BCUT2D eigenvalue weighted by atomic mass is 10.1. The van der Waals surface area contributed by atoms with Gasteiger partial charge in [-0.15, -0.1) is 0 Å². The molecule has 2 aromatic carbocycles. The second-order valence-corrected chi connectivity index (χ2v) is 6.87. The molecule has 0 saturated carbocycles. The molecule has 1 unspecified atom stereocenters. The van der Waals surface area contributed by atoms with E-state index in [-0.39, 0.29) is 37.1 Å². The third kappa shape index (κ3) is 5.36. The quantitative estimate of drug-likeness (QED) is 0.768. The van der Waals surface area contributed by atoms with Gasteiger partial charge in [-0.3, -0.25) is 9.59 Å². The van der Waals surface area contributed by atoms with Gasteiger partial charge in [-0.25, -0.2) is 8.78 Å². The summed E-state index contributed by atoms with van der Waals surface area (Å²) in [5.41, 5.74) is 0.372. The Hall–Kier alpha value is -2.80. The van der Waals surface area contributed by atoms with Gasteiger partial charge in [-0.05, 0) is 37.6 Å². The first-order valence-electron chi connectivity index (χ1n) is 9.32. The van der Waals surface area contributed by atoms with Gasteiger partial charge in [-0.1, -0.05) is 30.3 Å². The van der Waals surface area contributed by atoms with E-state index in [1.54, 1.807) is 24.3 Å². The molecule has 1 aliphatic heterocycles. The third-order valence-electron chi connectivity index (χ3n) is 4.74. The molecule has 0 spiro atoms. The van der Waals surface area contributed by atoms with E-state index < -0.39 is 17.5 Å². The Bertz CT molecular complexity index is 838. The molecule has 148 valence electrons. The van der Waals surface area contributed by atoms with Crippen molar-refractivity contribution in [2.45, 2.75) is 31.8 Å². The highest BCUT2D eigenvalue weighted by Crippen LogP contribution is 2.16. The molecule has 3 rings (SSSR count). The van der Waals surface area contributed by atoms with Crippen LogP contribution in [0.2, 0.25) is 0 Å². The van der Waals surface area contributed by atoms with Crippen LogP contribution in [0.25, 0.3) is 0 Å². The number of rotatable bonds is 7. The van der Waals surface area contributed by atoms with Crippen LogP contribution in [0.4, 0.5) is 14.5 Å². The number of hydrogen-bond donors (Lipinski definition) is 2. The average Bonchev–Trinajstić information content (AvgIpc) is 3.18. The predicted octanol–water partition coefficient (Wildman–Crippen LogP) is 3.07. The number of carbonyl (C=O) groups excluding carboxylic acids is 2. The van der Waals surface area contributed by atoms with Crippen molar-refractivity contribution in [1.29, 1.82) is 0 Å². The fraction of sp³-hybridized carbons (Fsp3) is 0.333. The molecule has 1 heterocycles. The van der Waals surface area contributed by atoms with Crippen LogP contribution in [0.15, 0.2) is 48.5 Å². The third-order valence-corrected chi connectivity index (χ3v) is 4.74. The highest BCUT2D eigenvalue weighted by molar-refractivity contribution is 5.94. The van der Waals surface area contributed by atoms with E-state index in [1.807, 2.05) is 0 Å². The Morgan fingerprint density at radius 2 is 1.79 bits per heavy atom. The summed E-state index contributed by atoms with van der Waals surface area (Å²) >= 11 is 0. The number of nitrogens with zero attached hydrogens (tertiary/aromatic N) is 1. The Labute approximate surface area is 162 Å². The summed E-state index contributed by atoms with van der Waals surface area (Å²) in [6.45, 7) is 0.552. The van der Waals surface area contributed by atoms with E-state index in [0.717, 1.165) is 19.4 Å². The van der Waals surface area contributed by atoms with E-state index in [4.69, 9.17) is 0 Å². The molecule has 7 heteroatoms. The molecule has 2 N–H and O–H groups in total. The van der Waals surface area contributed by atoms with Crippen molar-refractivity contribution in [3.05, 3.63) is 65.7 Å². The summed E-state index contributed by atoms with van der Waals surface area (Å²) in [4.78, 5) is 26.5. The molecule has 1 saturated heterocycles. The van der Waals surface area contributed by atoms with Crippen molar-refractivity contribution < 1.29 is 18.4 Å². The van der Waals surface area contributed by atoms with Crippen molar-refractivity contribution in [2.24, 2.45) is 0 Å². The molecule has 1 fully saturated rings. The topological polar surface area (TPSA) is 61.4 Å². The van der Waals surface area contributed by atoms with Crippen molar-refractivity contribution in [3.63, 3.8) is 0 Å². The molecule has 0 bridgehead atoms. The molecule has 5 nitrogen and oxygen atoms in total. The number of para-hydroxylation sites is 1. The zero-order valence-electron chi connectivity index (χ0n) is 15.5. The van der Waals surface area contributed by atoms with Crippen LogP contribution in [0.3, 0.4) is 0 Å². The molecule has 1 atom stereocenters. The van der Waals surface area contributed by atoms with Crippen molar-refractivity contribution in [2.75, 3.05) is 18.4 Å². The molecule has 2 aromatic rings. The molecule has 0 radical (unpaired) electrons. The number of benzene rings is 2. The largest absolute Gasteiger partial charge is 0.329 e. The summed E-state index contributed by atoms with van der Waals surface area (Å²) in [6.07, 6.45) is 2.13. The number of hydrogen-bond acceptors (Lipinski definition) is 3. The van der Waals surface area contributed by atoms with Gasteiger partial charge >= 0.3 is 0 Å². The van der Waals surface area contributed by atoms with E-state index in [2.05, 4.69) is 10.6 Å². The second-order valence-electron chi connectivity index (χ2n) is 6.87. The number of amides is 2. The maximum Gasteiger partial charge on any atom is 0.244 e. The highest BCUT2D eigenvalue weighted by Gasteiger charge is 2.24. The highest BCUT2D eigenvalue weighted by atomic mass is 19.1. The van der Waals surface area contributed by atoms with Crippen molar-refractivity contribution >= 4 is 17.5 Å². The zero-order valence-corrected chi connectivity index (χ0v) is 15.5. The summed E-state index contributed by atoms with van der Waals surface area (Å²) < 4.78 is 27.8. The van der Waals surface area contributed by atoms with Gasteiger partial charge in [-0.2, -0.15) is 0 Å². The van der Waals surface area contributed by atoms with Crippen LogP contribution in [0.5, 0.6) is 0 Å². The Kier molecular flexibility index (Phi) is 6.71. The summed E-state index contributed by atoms with van der Waals surface area (Å²) in [5, 5.41) is 5.72. The van der Waals surface area contributed by atoms with E-state index in [1.165, 1.54) is 29.2 Å². The van der Waals surface area contributed by atoms with Gasteiger partial charge in [0, 0.05) is 24.6 Å². The molecule has 1 aliphatic rings. The SMILES string of the molecule is O=C(CN(Cc1ccccc1F)C(=O)CC1CCCN1)Nc1ccccc1F. The minimum Gasteiger partial charge on any atom is -0.329 e. The second kappa shape index (κ2) is 9.41. The summed E-state index contributed by atoms with van der Waals surface area (Å²) in [7, 11) is 0. The number of halogens is 2. The fourth-order valence-corrected chi connectivity index (χ4v) is 3.26. The van der Waals surface area contributed by atoms with E-state index in [9.17, 15) is 18.4 Å². The first-order chi connectivity index (χ1) is 13.5. The average molecular weight is 387 g/mol. The first-order valence-corrected chi connectivity index (χ1v) is 9.32. The standard InChI is InChI=1S/C21H23F2N3O2/c22-17-8-2-1-6-15(17)13-26(21(28)12-16-7-5-11-24-16)14-20(27)25-19-10-4-3-9-18(19)23/h1-4,6,8-10,16,24H,5,7,11-14H2,(H,25,27). The van der Waals surface area contributed by atoms with E-state index in [0.29, 0.717) is 5.56 Å². The van der Waals surface area contributed by atoms with E-state index >= 15 is 0 Å². The Morgan fingerprint density at radius 3 is 2.46 bits per heavy atom. The van der Waals surface area contributed by atoms with Gasteiger partial charge in [0.15, 0.2) is 0 Å². The maximum absolute atomic E-state index is 14.1. The minimum absolute atomic E-state index is 0.0249. The fourth-order valence-electron chi connectivity index (χ4n) is 3.26. The Morgan fingerprint density at radius 1 is 1.07 bits per heavy atom. The number of anilines is 1. The van der Waals surface area contributed by atoms with Crippen LogP contribution in [0.1, 0.15) is 24.8 Å². The normalized spacial score (nSPS) is 16.0. The lowest BCUT2D eigenvalue weighted by Gasteiger charge is -2.24. The molecule has 0 aromatic heterocycles. The van der Waals surface area contributed by atoms with Crippen LogP contribution in [0, 0.1) is 11.6 Å². The summed E-state index contributed by atoms with van der Waals surface area (Å²) in [5.74, 6) is -1.77. The lowest BCUT2D eigenvalue weighted by Crippen LogP contribution is -2.40. The van der Waals surface area contributed by atoms with Crippen molar-refractivity contribution in [1.82, 2.24) is 10.2 Å². The predicted molar refractivity (Wildman–Crippen MR) is 102 cm³/mol. The lowest BCUT2D eigenvalue weighted by molar-refractivity contribution is -0.135. The van der Waals surface area contributed by atoms with Crippen LogP contribution >= 0.6 is 0 Å². The van der Waals surface area contributed by atoms with Crippen LogP contribution < -0.4 is 10.6 Å². The minimum atomic E-state index is -0.557. The van der Waals surface area contributed by atoms with Crippen molar-refractivity contribution in [3.8, 4) is 0 Å². The number of carbonyl (C=O) groups is 2. The molecule has 28 heavy (non-hydrogen) atoms. The monoisotopic (exact) mass is 387 g/mol. The van der Waals surface area contributed by atoms with Gasteiger partial charge < -0.3 is 15.5 Å². The van der Waals surface area contributed by atoms with Gasteiger partial charge in [0.25, 0.3) is 0 Å². The summed E-state index contributed by atoms with van der Waals surface area (Å²) in [6, 6.07) is 12.0.